The maximum Gasteiger partial charge on any atom is 0.134 e. The van der Waals surface area contributed by atoms with Gasteiger partial charge in [0.1, 0.15) is 5.75 Å². The van der Waals surface area contributed by atoms with Gasteiger partial charge in [0.2, 0.25) is 0 Å². The fraction of sp³-hybridized carbons (Fsp3) is 0.353. The van der Waals surface area contributed by atoms with E-state index in [1.807, 2.05) is 42.9 Å². The lowest BCUT2D eigenvalue weighted by molar-refractivity contribution is 0.305. The maximum absolute atomic E-state index is 8.80. The third-order valence-electron chi connectivity index (χ3n) is 3.13. The molecule has 2 rings (SSSR count). The summed E-state index contributed by atoms with van der Waals surface area (Å²) in [6.45, 7) is 2.68. The Morgan fingerprint density at radius 3 is 2.90 bits per heavy atom. The minimum absolute atomic E-state index is 0.0789. The fourth-order valence-electron chi connectivity index (χ4n) is 1.99. The normalized spacial score (nSPS) is 10.0. The largest absolute Gasteiger partial charge is 0.492 e. The third-order valence-corrected chi connectivity index (χ3v) is 3.13. The average molecular weight is 284 g/mol. The van der Waals surface area contributed by atoms with Crippen LogP contribution in [0.15, 0.2) is 30.5 Å². The van der Waals surface area contributed by atoms with Gasteiger partial charge in [0.25, 0.3) is 0 Å². The Labute approximate surface area is 125 Å². The summed E-state index contributed by atoms with van der Waals surface area (Å²) in [5, 5.41) is 12.9. The predicted molar refractivity (Wildman–Crippen MR) is 82.2 cm³/mol. The van der Waals surface area contributed by atoms with Gasteiger partial charge in [0.05, 0.1) is 18.8 Å². The first-order valence-corrected chi connectivity index (χ1v) is 7.01. The zero-order chi connectivity index (χ0) is 15.1. The number of aliphatic hydroxyl groups excluding tert-OH is 1. The van der Waals surface area contributed by atoms with Crippen LogP contribution >= 0.6 is 0 Å². The summed E-state index contributed by atoms with van der Waals surface area (Å²) in [5.74, 6) is 6.78. The molecule has 0 aliphatic rings. The summed E-state index contributed by atoms with van der Waals surface area (Å²) in [7, 11) is 1.92. The number of nitrogens with zero attached hydrogens (tertiary/aromatic N) is 2. The van der Waals surface area contributed by atoms with Crippen molar-refractivity contribution in [2.24, 2.45) is 7.05 Å². The number of aliphatic hydroxyl groups is 1. The van der Waals surface area contributed by atoms with Gasteiger partial charge >= 0.3 is 0 Å². The topological polar surface area (TPSA) is 47.3 Å². The zero-order valence-corrected chi connectivity index (χ0v) is 12.5. The van der Waals surface area contributed by atoms with E-state index >= 15 is 0 Å². The van der Waals surface area contributed by atoms with E-state index in [9.17, 15) is 0 Å². The second-order valence-corrected chi connectivity index (χ2v) is 4.82. The van der Waals surface area contributed by atoms with E-state index < -0.39 is 0 Å². The van der Waals surface area contributed by atoms with Crippen molar-refractivity contribution in [2.45, 2.75) is 19.8 Å². The lowest BCUT2D eigenvalue weighted by atomic mass is 10.1. The highest BCUT2D eigenvalue weighted by molar-refractivity contribution is 5.48. The SMILES string of the molecule is Cc1ccc(OCCc2ccnn2C)c(C#CCCO)c1. The maximum atomic E-state index is 8.80. The lowest BCUT2D eigenvalue weighted by Crippen LogP contribution is -2.06. The molecular formula is C17H20N2O2. The van der Waals surface area contributed by atoms with Gasteiger partial charge in [-0.15, -0.1) is 0 Å². The number of hydrogen-bond acceptors (Lipinski definition) is 3. The molecule has 0 atom stereocenters. The first-order chi connectivity index (χ1) is 10.2. The molecule has 0 fully saturated rings. The first kappa shape index (κ1) is 15.1. The van der Waals surface area contributed by atoms with E-state index in [1.165, 1.54) is 0 Å². The van der Waals surface area contributed by atoms with Crippen molar-refractivity contribution in [1.29, 1.82) is 0 Å². The van der Waals surface area contributed by atoms with Gasteiger partial charge in [-0.25, -0.2) is 0 Å². The molecule has 0 radical (unpaired) electrons. The summed E-state index contributed by atoms with van der Waals surface area (Å²) in [6, 6.07) is 7.95. The van der Waals surface area contributed by atoms with E-state index in [0.29, 0.717) is 13.0 Å². The van der Waals surface area contributed by atoms with Crippen LogP contribution in [0.5, 0.6) is 5.75 Å². The molecule has 0 amide bonds. The van der Waals surface area contributed by atoms with Crippen molar-refractivity contribution < 1.29 is 9.84 Å². The minimum Gasteiger partial charge on any atom is -0.492 e. The Balaban J connectivity index is 2.02. The Kier molecular flexibility index (Phi) is 5.42. The van der Waals surface area contributed by atoms with Crippen LogP contribution in [0, 0.1) is 18.8 Å². The number of aryl methyl sites for hydroxylation is 2. The summed E-state index contributed by atoms with van der Waals surface area (Å²) in [6.07, 6.45) is 3.06. The van der Waals surface area contributed by atoms with Crippen LogP contribution in [0.25, 0.3) is 0 Å². The molecule has 0 bridgehead atoms. The van der Waals surface area contributed by atoms with Crippen LogP contribution in [0.4, 0.5) is 0 Å². The summed E-state index contributed by atoms with van der Waals surface area (Å²) in [5.41, 5.74) is 3.14. The van der Waals surface area contributed by atoms with E-state index in [4.69, 9.17) is 9.84 Å². The van der Waals surface area contributed by atoms with Crippen LogP contribution in [-0.4, -0.2) is 28.1 Å². The van der Waals surface area contributed by atoms with E-state index in [2.05, 4.69) is 16.9 Å². The highest BCUT2D eigenvalue weighted by atomic mass is 16.5. The van der Waals surface area contributed by atoms with Crippen LogP contribution < -0.4 is 4.74 Å². The van der Waals surface area contributed by atoms with Crippen molar-refractivity contribution in [3.63, 3.8) is 0 Å². The Morgan fingerprint density at radius 1 is 1.33 bits per heavy atom. The molecule has 1 heterocycles. The molecule has 0 spiro atoms. The molecule has 2 aromatic rings. The van der Waals surface area contributed by atoms with Crippen LogP contribution in [0.1, 0.15) is 23.2 Å². The molecule has 0 aliphatic heterocycles. The molecule has 4 heteroatoms. The second kappa shape index (κ2) is 7.51. The first-order valence-electron chi connectivity index (χ1n) is 7.01. The molecule has 1 N–H and O–H groups in total. The van der Waals surface area contributed by atoms with Gasteiger partial charge in [-0.3, -0.25) is 4.68 Å². The quantitative estimate of drug-likeness (QED) is 0.855. The Hall–Kier alpha value is -2.25. The Morgan fingerprint density at radius 2 is 2.19 bits per heavy atom. The van der Waals surface area contributed by atoms with Crippen LogP contribution in [0.3, 0.4) is 0 Å². The van der Waals surface area contributed by atoms with Gasteiger partial charge in [-0.05, 0) is 30.7 Å². The van der Waals surface area contributed by atoms with Crippen molar-refractivity contribution >= 4 is 0 Å². The van der Waals surface area contributed by atoms with Crippen molar-refractivity contribution in [3.05, 3.63) is 47.3 Å². The standard InChI is InChI=1S/C17H20N2O2/c1-14-6-7-17(15(13-14)5-3-4-11-20)21-12-9-16-8-10-18-19(16)2/h6-8,10,13,20H,4,9,11-12H2,1-2H3. The number of benzene rings is 1. The molecule has 4 nitrogen and oxygen atoms in total. The Bertz CT molecular complexity index is 650. The highest BCUT2D eigenvalue weighted by Gasteiger charge is 2.03. The third kappa shape index (κ3) is 4.37. The second-order valence-electron chi connectivity index (χ2n) is 4.82. The van der Waals surface area contributed by atoms with E-state index in [0.717, 1.165) is 29.0 Å². The molecule has 1 aromatic heterocycles. The molecule has 0 saturated carbocycles. The molecular weight excluding hydrogens is 264 g/mol. The van der Waals surface area contributed by atoms with Crippen LogP contribution in [0.2, 0.25) is 0 Å². The molecule has 0 saturated heterocycles. The monoisotopic (exact) mass is 284 g/mol. The van der Waals surface area contributed by atoms with E-state index in [1.54, 1.807) is 6.20 Å². The molecule has 0 unspecified atom stereocenters. The van der Waals surface area contributed by atoms with Gasteiger partial charge < -0.3 is 9.84 Å². The van der Waals surface area contributed by atoms with Crippen molar-refractivity contribution in [2.75, 3.05) is 13.2 Å². The van der Waals surface area contributed by atoms with E-state index in [-0.39, 0.29) is 6.61 Å². The molecule has 0 aliphatic carbocycles. The smallest absolute Gasteiger partial charge is 0.134 e. The molecule has 110 valence electrons. The number of aromatic nitrogens is 2. The van der Waals surface area contributed by atoms with Crippen LogP contribution in [-0.2, 0) is 13.5 Å². The van der Waals surface area contributed by atoms with Gasteiger partial charge in [0.15, 0.2) is 0 Å². The molecule has 21 heavy (non-hydrogen) atoms. The fourth-order valence-corrected chi connectivity index (χ4v) is 1.99. The number of ether oxygens (including phenoxy) is 1. The zero-order valence-electron chi connectivity index (χ0n) is 12.5. The van der Waals surface area contributed by atoms with Gasteiger partial charge in [-0.2, -0.15) is 5.10 Å². The van der Waals surface area contributed by atoms with Gasteiger partial charge in [0, 0.05) is 31.8 Å². The lowest BCUT2D eigenvalue weighted by Gasteiger charge is -2.09. The summed E-state index contributed by atoms with van der Waals surface area (Å²) < 4.78 is 7.69. The summed E-state index contributed by atoms with van der Waals surface area (Å²) in [4.78, 5) is 0. The number of rotatable bonds is 5. The predicted octanol–water partition coefficient (Wildman–Crippen LogP) is 2.08. The number of hydrogen-bond donors (Lipinski definition) is 1. The molecule has 1 aromatic carbocycles. The average Bonchev–Trinajstić information content (AvgIpc) is 2.87. The van der Waals surface area contributed by atoms with Crippen molar-refractivity contribution in [3.8, 4) is 17.6 Å². The minimum atomic E-state index is 0.0789. The van der Waals surface area contributed by atoms with Gasteiger partial charge in [-0.1, -0.05) is 17.9 Å². The summed E-state index contributed by atoms with van der Waals surface area (Å²) >= 11 is 0. The van der Waals surface area contributed by atoms with Crippen molar-refractivity contribution in [1.82, 2.24) is 9.78 Å². The highest BCUT2D eigenvalue weighted by Crippen LogP contribution is 2.19.